The minimum absolute atomic E-state index is 0.0858. The summed E-state index contributed by atoms with van der Waals surface area (Å²) < 4.78 is 65.4. The van der Waals surface area contributed by atoms with Crippen LogP contribution in [0.1, 0.15) is 84.9 Å². The van der Waals surface area contributed by atoms with E-state index in [9.17, 15) is 2.74 Å². The molecule has 0 bridgehead atoms. The Morgan fingerprint density at radius 1 is 0.524 bits per heavy atom. The average Bonchev–Trinajstić information content (AvgIpc) is 1.66. The number of nitrogens with zero attached hydrogens (tertiary/aromatic N) is 4. The topological polar surface area (TPSA) is 49.0 Å². The van der Waals surface area contributed by atoms with Crippen molar-refractivity contribution in [1.29, 1.82) is 0 Å². The number of para-hydroxylation sites is 3. The van der Waals surface area contributed by atoms with E-state index in [2.05, 4.69) is 191 Å². The Bertz CT molecular complexity index is 5340. The summed E-state index contributed by atoms with van der Waals surface area (Å²) in [6.07, 6.45) is 7.96. The van der Waals surface area contributed by atoms with Gasteiger partial charge in [-0.3, -0.25) is 13.7 Å². The summed E-state index contributed by atoms with van der Waals surface area (Å²) in [7, 11) is 0. The first kappa shape index (κ1) is 44.8. The third-order valence-corrected chi connectivity index (χ3v) is 18.1. The highest BCUT2D eigenvalue weighted by Gasteiger charge is 2.39. The molecule has 0 atom stereocenters. The molecule has 0 amide bonds. The van der Waals surface area contributed by atoms with Crippen LogP contribution in [-0.4, -0.2) is 14.1 Å². The SMILES string of the molecule is [2H]c1c([2H])c([2H])c(-c2cc3c4c(c2)n(-c2cccc(Oc5ccc6c7ccccc7n(-c7cc(C(C)(C)C)ccn7)c6c5)c2)[c-][n+]4-c2c(-c4ccc5oc6ccccc6c5c4)cccc2-c2cc4c(cc2-c2ccccc2-3)C(C)(C)CCC4(C)C)c([2H])c1[2H]. The predicted octanol–water partition coefficient (Wildman–Crippen LogP) is 20.2. The Balaban J connectivity index is 0.979. The van der Waals surface area contributed by atoms with Crippen molar-refractivity contribution >= 4 is 54.8 Å². The number of pyridine rings is 1. The molecule has 1 aliphatic heterocycles. The molecule has 1 aliphatic carbocycles. The van der Waals surface area contributed by atoms with Gasteiger partial charge in [-0.15, -0.1) is 0 Å². The largest absolute Gasteiger partial charge is 0.458 e. The minimum Gasteiger partial charge on any atom is -0.458 e. The zero-order valence-corrected chi connectivity index (χ0v) is 48.0. The number of benzene rings is 10. The molecule has 406 valence electrons. The Hall–Kier alpha value is -9.78. The number of ether oxygens (including phenoxy) is 1. The normalized spacial score (nSPS) is 15.1. The number of hydrogen-bond donors (Lipinski definition) is 0. The highest BCUT2D eigenvalue weighted by Crippen LogP contribution is 2.53. The van der Waals surface area contributed by atoms with Crippen molar-refractivity contribution in [1.82, 2.24) is 14.1 Å². The van der Waals surface area contributed by atoms with E-state index in [-0.39, 0.29) is 33.9 Å². The number of aromatic nitrogens is 4. The van der Waals surface area contributed by atoms with Crippen molar-refractivity contribution < 1.29 is 20.6 Å². The quantitative estimate of drug-likeness (QED) is 0.123. The molecule has 0 saturated heterocycles. The van der Waals surface area contributed by atoms with Crippen LogP contribution in [0, 0.1) is 6.33 Å². The van der Waals surface area contributed by atoms with Crippen LogP contribution in [-0.2, 0) is 16.2 Å². The molecule has 16 rings (SSSR count). The lowest BCUT2D eigenvalue weighted by molar-refractivity contribution is -0.570. The average molecular weight is 1090 g/mol. The van der Waals surface area contributed by atoms with Crippen molar-refractivity contribution in [2.24, 2.45) is 0 Å². The highest BCUT2D eigenvalue weighted by atomic mass is 16.5. The summed E-state index contributed by atoms with van der Waals surface area (Å²) >= 11 is 0. The molecule has 5 heterocycles. The standard InChI is InChI=1S/C78H62N4O2/c1-76(2,3)51-35-38-79-73(42-51)82-68-29-15-13-25-58(68)59-33-32-54(44-69(59)82)83-53-22-17-21-52(43-53)80-47-81-74-55(49-31-34-72-64(39-49)60-26-14-16-30-71(60)84-72)27-18-28-61(74)63-46-67-66(77(4,5)36-37-78(67,6)7)45-62(63)56-23-11-12-24-57(56)65-40-50(41-70(80)75(65)81)48-19-9-8-10-20-48/h8-35,38-46H,36-37H2,1-7H3/i8D,9D,10D,19D,20D. The van der Waals surface area contributed by atoms with Gasteiger partial charge >= 0.3 is 0 Å². The molecule has 0 saturated carbocycles. The maximum Gasteiger partial charge on any atom is 0.269 e. The molecule has 6 heteroatoms. The van der Waals surface area contributed by atoms with Gasteiger partial charge in [0.25, 0.3) is 6.33 Å². The summed E-state index contributed by atoms with van der Waals surface area (Å²) in [4.78, 5) is 4.93. The molecule has 0 radical (unpaired) electrons. The smallest absolute Gasteiger partial charge is 0.269 e. The van der Waals surface area contributed by atoms with Gasteiger partial charge in [0.1, 0.15) is 28.5 Å². The summed E-state index contributed by atoms with van der Waals surface area (Å²) in [5, 5.41) is 4.23. The number of furan rings is 1. The second-order valence-electron chi connectivity index (χ2n) is 25.2. The van der Waals surface area contributed by atoms with Crippen molar-refractivity contribution in [2.45, 2.75) is 77.6 Å². The maximum atomic E-state index is 9.47. The van der Waals surface area contributed by atoms with Gasteiger partial charge in [0, 0.05) is 33.8 Å². The van der Waals surface area contributed by atoms with Gasteiger partial charge < -0.3 is 9.15 Å². The molecular formula is C78H62N4O2. The third-order valence-electron chi connectivity index (χ3n) is 18.1. The zero-order valence-electron chi connectivity index (χ0n) is 53.0. The molecule has 10 aromatic carbocycles. The number of rotatable bonds is 6. The van der Waals surface area contributed by atoms with Crippen LogP contribution >= 0.6 is 0 Å². The fourth-order valence-corrected chi connectivity index (χ4v) is 13.6. The molecule has 0 spiro atoms. The molecule has 4 aromatic heterocycles. The van der Waals surface area contributed by atoms with Gasteiger partial charge in [-0.2, -0.15) is 0 Å². The number of imidazole rings is 1. The van der Waals surface area contributed by atoms with Gasteiger partial charge in [0.05, 0.1) is 40.3 Å². The molecule has 2 aliphatic rings. The second kappa shape index (κ2) is 18.4. The van der Waals surface area contributed by atoms with Crippen molar-refractivity contribution in [3.05, 3.63) is 247 Å². The van der Waals surface area contributed by atoms with Gasteiger partial charge in [-0.05, 0) is 180 Å². The molecule has 6 nitrogen and oxygen atoms in total. The monoisotopic (exact) mass is 1090 g/mol. The maximum absolute atomic E-state index is 9.47. The Morgan fingerprint density at radius 2 is 1.19 bits per heavy atom. The van der Waals surface area contributed by atoms with Crippen molar-refractivity contribution in [2.75, 3.05) is 0 Å². The third kappa shape index (κ3) is 7.84. The van der Waals surface area contributed by atoms with Crippen LogP contribution in [0.4, 0.5) is 0 Å². The van der Waals surface area contributed by atoms with Gasteiger partial charge in [0.2, 0.25) is 0 Å². The van der Waals surface area contributed by atoms with Crippen LogP contribution in [0.15, 0.2) is 229 Å². The van der Waals surface area contributed by atoms with E-state index in [4.69, 9.17) is 18.3 Å². The number of hydrogen-bond acceptors (Lipinski definition) is 3. The van der Waals surface area contributed by atoms with E-state index in [1.54, 1.807) is 0 Å². The van der Waals surface area contributed by atoms with Crippen LogP contribution in [0.25, 0.3) is 128 Å². The molecule has 0 N–H and O–H groups in total. The molecular weight excluding hydrogens is 1020 g/mol. The van der Waals surface area contributed by atoms with E-state index in [1.807, 2.05) is 71.4 Å². The van der Waals surface area contributed by atoms with Crippen molar-refractivity contribution in [3.8, 4) is 84.3 Å². The fraction of sp³-hybridized carbons (Fsp3) is 0.154. The van der Waals surface area contributed by atoms with Crippen molar-refractivity contribution in [3.63, 3.8) is 0 Å². The summed E-state index contributed by atoms with van der Waals surface area (Å²) in [6.45, 7) is 16.1. The molecule has 84 heavy (non-hydrogen) atoms. The second-order valence-corrected chi connectivity index (χ2v) is 25.2. The van der Waals surface area contributed by atoms with Gasteiger partial charge in [0.15, 0.2) is 0 Å². The van der Waals surface area contributed by atoms with Crippen LogP contribution in [0.2, 0.25) is 0 Å². The summed E-state index contributed by atoms with van der Waals surface area (Å²) in [6, 6.07) is 63.8. The van der Waals surface area contributed by atoms with Crippen LogP contribution in [0.5, 0.6) is 11.5 Å². The van der Waals surface area contributed by atoms with E-state index in [0.29, 0.717) is 22.6 Å². The lowest BCUT2D eigenvalue weighted by Crippen LogP contribution is -2.34. The summed E-state index contributed by atoms with van der Waals surface area (Å²) in [5.74, 6) is 2.05. The van der Waals surface area contributed by atoms with E-state index < -0.39 is 18.1 Å². The first-order chi connectivity index (χ1) is 42.8. The Kier molecular flexibility index (Phi) is 9.80. The zero-order chi connectivity index (χ0) is 61.2. The lowest BCUT2D eigenvalue weighted by atomic mass is 9.62. The Morgan fingerprint density at radius 3 is 1.99 bits per heavy atom. The fourth-order valence-electron chi connectivity index (χ4n) is 13.6. The van der Waals surface area contributed by atoms with E-state index >= 15 is 0 Å². The minimum atomic E-state index is -0.448. The lowest BCUT2D eigenvalue weighted by Gasteiger charge is -2.42. The molecule has 14 aromatic rings. The molecule has 0 fully saturated rings. The Labute approximate surface area is 496 Å². The highest BCUT2D eigenvalue weighted by molar-refractivity contribution is 6.10. The summed E-state index contributed by atoms with van der Waals surface area (Å²) in [5.41, 5.74) is 18.7. The number of fused-ring (bicyclic) bond motifs is 14. The predicted molar refractivity (Wildman–Crippen MR) is 344 cm³/mol. The molecule has 0 unspecified atom stereocenters. The van der Waals surface area contributed by atoms with E-state index in [0.717, 1.165) is 124 Å². The van der Waals surface area contributed by atoms with E-state index in [1.165, 1.54) is 16.7 Å². The van der Waals surface area contributed by atoms with Gasteiger partial charge in [-0.1, -0.05) is 182 Å². The van der Waals surface area contributed by atoms with Crippen LogP contribution < -0.4 is 9.30 Å². The van der Waals surface area contributed by atoms with Gasteiger partial charge in [-0.25, -0.2) is 4.98 Å². The first-order valence-corrected chi connectivity index (χ1v) is 29.1. The first-order valence-electron chi connectivity index (χ1n) is 31.6. The van der Waals surface area contributed by atoms with Crippen LogP contribution in [0.3, 0.4) is 0 Å².